The molecule has 208 valence electrons. The van der Waals surface area contributed by atoms with Crippen LogP contribution in [0.15, 0.2) is 77.7 Å². The van der Waals surface area contributed by atoms with Crippen molar-refractivity contribution in [2.75, 3.05) is 32.6 Å². The van der Waals surface area contributed by atoms with Crippen molar-refractivity contribution < 1.29 is 31.1 Å². The average molecular weight is 590 g/mol. The third-order valence-electron chi connectivity index (χ3n) is 6.50. The number of hydrogen-bond donors (Lipinski definition) is 0. The number of nitrogens with zero attached hydrogens (tertiary/aromatic N) is 3. The first-order valence-electron chi connectivity index (χ1n) is 12.2. The van der Waals surface area contributed by atoms with Gasteiger partial charge in [-0.3, -0.25) is 4.79 Å². The van der Waals surface area contributed by atoms with Crippen LogP contribution in [0.4, 0.5) is 13.2 Å². The summed E-state index contributed by atoms with van der Waals surface area (Å²) >= 11 is 6.32. The average Bonchev–Trinajstić information content (AvgIpc) is 3.39. The lowest BCUT2D eigenvalue weighted by Crippen LogP contribution is -2.40. The monoisotopic (exact) mass is 589 g/mol. The highest BCUT2D eigenvalue weighted by molar-refractivity contribution is 7.90. The number of aromatic nitrogens is 2. The molecule has 1 fully saturated rings. The predicted molar refractivity (Wildman–Crippen MR) is 144 cm³/mol. The Balaban J connectivity index is 1.72. The van der Waals surface area contributed by atoms with Crippen LogP contribution in [-0.4, -0.2) is 61.6 Å². The molecule has 0 atom stereocenters. The number of carbonyl (C=O) groups excluding carboxylic acids is 1. The lowest BCUT2D eigenvalue weighted by atomic mass is 9.95. The lowest BCUT2D eigenvalue weighted by Gasteiger charge is -2.28. The Morgan fingerprint density at radius 2 is 1.68 bits per heavy atom. The lowest BCUT2D eigenvalue weighted by molar-refractivity contribution is -0.141. The maximum absolute atomic E-state index is 13.8. The van der Waals surface area contributed by atoms with Gasteiger partial charge in [-0.15, -0.1) is 0 Å². The molecule has 1 aliphatic rings. The summed E-state index contributed by atoms with van der Waals surface area (Å²) in [6, 6.07) is 18.1. The van der Waals surface area contributed by atoms with Crippen molar-refractivity contribution in [2.45, 2.75) is 11.1 Å². The molecule has 0 spiro atoms. The smallest absolute Gasteiger partial charge is 0.378 e. The minimum atomic E-state index is -4.72. The van der Waals surface area contributed by atoms with Crippen LogP contribution in [-0.2, 0) is 20.8 Å². The molecule has 1 amide bonds. The summed E-state index contributed by atoms with van der Waals surface area (Å²) < 4.78 is 72.1. The molecule has 0 bridgehead atoms. The number of morpholine rings is 1. The molecule has 4 aromatic rings. The fourth-order valence-electron chi connectivity index (χ4n) is 4.50. The third-order valence-corrected chi connectivity index (χ3v) is 7.93. The highest BCUT2D eigenvalue weighted by Gasteiger charge is 2.36. The van der Waals surface area contributed by atoms with Crippen LogP contribution in [0.25, 0.3) is 28.1 Å². The van der Waals surface area contributed by atoms with Gasteiger partial charge >= 0.3 is 6.18 Å². The molecular formula is C28H23ClF3N3O4S. The van der Waals surface area contributed by atoms with E-state index in [0.717, 1.165) is 17.0 Å². The summed E-state index contributed by atoms with van der Waals surface area (Å²) in [5.74, 6) is -0.357. The topological polar surface area (TPSA) is 81.5 Å². The van der Waals surface area contributed by atoms with Gasteiger partial charge in [0.15, 0.2) is 15.5 Å². The van der Waals surface area contributed by atoms with E-state index in [1.54, 1.807) is 53.4 Å². The summed E-state index contributed by atoms with van der Waals surface area (Å²) in [7, 11) is -3.53. The SMILES string of the molecule is CS(=O)(=O)c1cccc(-c2ccc(-c3cc(C(F)(F)F)nn3-c3ccccc3Cl)cc2C(=O)N2CCOCC2)c1. The van der Waals surface area contributed by atoms with E-state index in [1.165, 1.54) is 18.2 Å². The summed E-state index contributed by atoms with van der Waals surface area (Å²) in [6.07, 6.45) is -3.64. The van der Waals surface area contributed by atoms with Gasteiger partial charge in [0.2, 0.25) is 0 Å². The maximum atomic E-state index is 13.8. The minimum Gasteiger partial charge on any atom is -0.378 e. The Labute approximate surface area is 233 Å². The van der Waals surface area contributed by atoms with Crippen LogP contribution < -0.4 is 0 Å². The molecule has 12 heteroatoms. The maximum Gasteiger partial charge on any atom is 0.435 e. The minimum absolute atomic E-state index is 0.0745. The second-order valence-corrected chi connectivity index (χ2v) is 11.7. The Bertz CT molecular complexity index is 1700. The van der Waals surface area contributed by atoms with Crippen LogP contribution in [0.3, 0.4) is 0 Å². The summed E-state index contributed by atoms with van der Waals surface area (Å²) in [5.41, 5.74) is 0.599. The van der Waals surface area contributed by atoms with Gasteiger partial charge in [0.05, 0.1) is 34.5 Å². The van der Waals surface area contributed by atoms with Gasteiger partial charge < -0.3 is 9.64 Å². The molecule has 0 radical (unpaired) electrons. The van der Waals surface area contributed by atoms with E-state index in [4.69, 9.17) is 16.3 Å². The molecule has 1 aliphatic heterocycles. The summed E-state index contributed by atoms with van der Waals surface area (Å²) in [6.45, 7) is 1.36. The molecule has 0 N–H and O–H groups in total. The van der Waals surface area contributed by atoms with Crippen molar-refractivity contribution in [3.63, 3.8) is 0 Å². The van der Waals surface area contributed by atoms with Crippen LogP contribution in [0.5, 0.6) is 0 Å². The Morgan fingerprint density at radius 1 is 0.950 bits per heavy atom. The van der Waals surface area contributed by atoms with E-state index < -0.39 is 21.7 Å². The Kier molecular flexibility index (Phi) is 7.47. The zero-order chi connectivity index (χ0) is 28.7. The van der Waals surface area contributed by atoms with E-state index in [0.29, 0.717) is 43.0 Å². The van der Waals surface area contributed by atoms with Gasteiger partial charge in [-0.25, -0.2) is 13.1 Å². The van der Waals surface area contributed by atoms with Crippen molar-refractivity contribution in [2.24, 2.45) is 0 Å². The molecule has 5 rings (SSSR count). The molecule has 1 saturated heterocycles. The Hall–Kier alpha value is -3.67. The largest absolute Gasteiger partial charge is 0.435 e. The molecule has 3 aromatic carbocycles. The summed E-state index contributed by atoms with van der Waals surface area (Å²) in [5, 5.41) is 4.00. The standard InChI is InChI=1S/C28H23ClF3N3O4S/c1-40(37,38)20-6-4-5-18(15-20)21-10-9-19(16-22(21)27(36)34-11-13-39-14-12-34)25-17-26(28(30,31)32)33-35(25)24-8-3-2-7-23(24)29/h2-10,15-17H,11-14H2,1H3. The number of sulfone groups is 1. The highest BCUT2D eigenvalue weighted by atomic mass is 35.5. The normalized spacial score (nSPS) is 14.4. The number of carbonyl (C=O) groups is 1. The van der Waals surface area contributed by atoms with Gasteiger partial charge in [0.25, 0.3) is 5.91 Å². The molecule has 2 heterocycles. The fourth-order valence-corrected chi connectivity index (χ4v) is 5.38. The van der Waals surface area contributed by atoms with Gasteiger partial charge in [-0.05, 0) is 47.5 Å². The Morgan fingerprint density at radius 3 is 2.35 bits per heavy atom. The fraction of sp³-hybridized carbons (Fsp3) is 0.214. The number of alkyl halides is 3. The molecule has 7 nitrogen and oxygen atoms in total. The van der Waals surface area contributed by atoms with E-state index in [1.807, 2.05) is 0 Å². The van der Waals surface area contributed by atoms with Crippen molar-refractivity contribution in [3.05, 3.63) is 89.1 Å². The number of amides is 1. The zero-order valence-electron chi connectivity index (χ0n) is 21.2. The van der Waals surface area contributed by atoms with E-state index in [-0.39, 0.29) is 32.8 Å². The number of para-hydroxylation sites is 1. The number of ether oxygens (including phenoxy) is 1. The first kappa shape index (κ1) is 27.9. The number of benzene rings is 3. The van der Waals surface area contributed by atoms with Gasteiger partial charge in [0, 0.05) is 30.5 Å². The van der Waals surface area contributed by atoms with E-state index in [9.17, 15) is 26.4 Å². The van der Waals surface area contributed by atoms with Crippen LogP contribution in [0, 0.1) is 0 Å². The van der Waals surface area contributed by atoms with Gasteiger partial charge in [-0.2, -0.15) is 18.3 Å². The van der Waals surface area contributed by atoms with Crippen LogP contribution in [0.1, 0.15) is 16.1 Å². The molecule has 0 aliphatic carbocycles. The first-order valence-corrected chi connectivity index (χ1v) is 14.4. The molecule has 40 heavy (non-hydrogen) atoms. The zero-order valence-corrected chi connectivity index (χ0v) is 22.7. The quantitative estimate of drug-likeness (QED) is 0.296. The molecular weight excluding hydrogens is 567 g/mol. The molecule has 0 unspecified atom stereocenters. The predicted octanol–water partition coefficient (Wildman–Crippen LogP) is 5.75. The highest BCUT2D eigenvalue weighted by Crippen LogP contribution is 2.37. The third kappa shape index (κ3) is 5.63. The van der Waals surface area contributed by atoms with Crippen molar-refractivity contribution in [1.29, 1.82) is 0 Å². The molecule has 0 saturated carbocycles. The second-order valence-electron chi connectivity index (χ2n) is 9.24. The first-order chi connectivity index (χ1) is 18.9. The van der Waals surface area contributed by atoms with Crippen molar-refractivity contribution >= 4 is 27.3 Å². The van der Waals surface area contributed by atoms with Gasteiger partial charge in [-0.1, -0.05) is 48.0 Å². The van der Waals surface area contributed by atoms with Crippen LogP contribution >= 0.6 is 11.6 Å². The number of hydrogen-bond acceptors (Lipinski definition) is 5. The van der Waals surface area contributed by atoms with Crippen molar-refractivity contribution in [1.82, 2.24) is 14.7 Å². The second kappa shape index (κ2) is 10.7. The van der Waals surface area contributed by atoms with Crippen molar-refractivity contribution in [3.8, 4) is 28.1 Å². The number of rotatable bonds is 5. The molecule has 1 aromatic heterocycles. The van der Waals surface area contributed by atoms with Crippen LogP contribution in [0.2, 0.25) is 5.02 Å². The van der Waals surface area contributed by atoms with E-state index in [2.05, 4.69) is 5.10 Å². The van der Waals surface area contributed by atoms with E-state index >= 15 is 0 Å². The summed E-state index contributed by atoms with van der Waals surface area (Å²) in [4.78, 5) is 15.4. The number of halogens is 4. The van der Waals surface area contributed by atoms with Gasteiger partial charge in [0.1, 0.15) is 0 Å².